The van der Waals surface area contributed by atoms with Crippen molar-refractivity contribution in [2.24, 2.45) is 10.9 Å². The molecule has 1 aromatic heterocycles. The highest BCUT2D eigenvalue weighted by Crippen LogP contribution is 2.28. The number of hydrogen-bond donors (Lipinski definition) is 2. The van der Waals surface area contributed by atoms with Crippen LogP contribution in [0.4, 0.5) is 5.69 Å². The molecule has 4 nitrogen and oxygen atoms in total. The van der Waals surface area contributed by atoms with Gasteiger partial charge in [0.2, 0.25) is 0 Å². The van der Waals surface area contributed by atoms with Crippen molar-refractivity contribution in [1.82, 2.24) is 0 Å². The highest BCUT2D eigenvalue weighted by atomic mass is 35.5. The Labute approximate surface area is 127 Å². The van der Waals surface area contributed by atoms with Gasteiger partial charge >= 0.3 is 0 Å². The minimum Gasteiger partial charge on any atom is -0.409 e. The van der Waals surface area contributed by atoms with Crippen molar-refractivity contribution in [2.45, 2.75) is 13.5 Å². The lowest BCUT2D eigenvalue weighted by Gasteiger charge is -2.23. The van der Waals surface area contributed by atoms with E-state index < -0.39 is 0 Å². The zero-order valence-electron chi connectivity index (χ0n) is 11.3. The van der Waals surface area contributed by atoms with Gasteiger partial charge in [0.25, 0.3) is 0 Å². The van der Waals surface area contributed by atoms with E-state index >= 15 is 0 Å². The van der Waals surface area contributed by atoms with Gasteiger partial charge in [0.05, 0.1) is 16.6 Å². The van der Waals surface area contributed by atoms with E-state index in [1.807, 2.05) is 44.3 Å². The van der Waals surface area contributed by atoms with Crippen LogP contribution in [-0.4, -0.2) is 18.1 Å². The van der Waals surface area contributed by atoms with Crippen LogP contribution < -0.4 is 10.6 Å². The summed E-state index contributed by atoms with van der Waals surface area (Å²) >= 11 is 7.50. The molecule has 0 bridgehead atoms. The van der Waals surface area contributed by atoms with Crippen molar-refractivity contribution >= 4 is 34.5 Å². The fourth-order valence-corrected chi connectivity index (χ4v) is 3.32. The number of amidine groups is 1. The van der Waals surface area contributed by atoms with E-state index in [-0.39, 0.29) is 5.84 Å². The lowest BCUT2D eigenvalue weighted by molar-refractivity contribution is 0.318. The zero-order chi connectivity index (χ0) is 14.7. The van der Waals surface area contributed by atoms with Crippen molar-refractivity contribution in [3.8, 4) is 0 Å². The Morgan fingerprint density at radius 1 is 1.40 bits per heavy atom. The van der Waals surface area contributed by atoms with Crippen LogP contribution in [0.5, 0.6) is 0 Å². The fraction of sp³-hybridized carbons (Fsp3) is 0.214. The van der Waals surface area contributed by atoms with Gasteiger partial charge in [0.15, 0.2) is 5.84 Å². The summed E-state index contributed by atoms with van der Waals surface area (Å²) in [4.78, 5) is 3.23. The second kappa shape index (κ2) is 6.15. The molecule has 0 saturated heterocycles. The van der Waals surface area contributed by atoms with Crippen molar-refractivity contribution in [3.63, 3.8) is 0 Å². The summed E-state index contributed by atoms with van der Waals surface area (Å²) in [5.41, 5.74) is 8.49. The molecule has 0 aliphatic rings. The van der Waals surface area contributed by atoms with Crippen LogP contribution in [-0.2, 0) is 6.54 Å². The van der Waals surface area contributed by atoms with Gasteiger partial charge in [-0.1, -0.05) is 28.9 Å². The van der Waals surface area contributed by atoms with Crippen LogP contribution in [0, 0.1) is 6.92 Å². The first kappa shape index (κ1) is 14.7. The minimum absolute atomic E-state index is 0.111. The molecular formula is C14H16ClN3OS. The van der Waals surface area contributed by atoms with Gasteiger partial charge in [-0.3, -0.25) is 0 Å². The predicted molar refractivity (Wildman–Crippen MR) is 85.1 cm³/mol. The van der Waals surface area contributed by atoms with Gasteiger partial charge in [0.1, 0.15) is 0 Å². The molecule has 106 valence electrons. The molecule has 0 aliphatic carbocycles. The second-order valence-electron chi connectivity index (χ2n) is 4.52. The van der Waals surface area contributed by atoms with E-state index in [1.54, 1.807) is 11.3 Å². The maximum atomic E-state index is 8.91. The minimum atomic E-state index is 0.111. The summed E-state index contributed by atoms with van der Waals surface area (Å²) < 4.78 is 0.773. The third-order valence-corrected chi connectivity index (χ3v) is 4.24. The van der Waals surface area contributed by atoms with Crippen LogP contribution in [0.1, 0.15) is 16.0 Å². The van der Waals surface area contributed by atoms with Crippen LogP contribution in [0.15, 0.2) is 35.5 Å². The molecule has 2 aromatic rings. The third-order valence-electron chi connectivity index (χ3n) is 3.03. The largest absolute Gasteiger partial charge is 0.409 e. The number of hydrogen-bond acceptors (Lipinski definition) is 4. The smallest absolute Gasteiger partial charge is 0.172 e. The molecule has 0 saturated carbocycles. The number of oxime groups is 1. The maximum absolute atomic E-state index is 8.91. The highest BCUT2D eigenvalue weighted by molar-refractivity contribution is 7.16. The number of anilines is 1. The SMILES string of the molecule is Cc1cccc(/C(N)=N/O)c1N(C)Cc1ccc(Cl)s1. The molecule has 20 heavy (non-hydrogen) atoms. The van der Waals surface area contributed by atoms with E-state index in [0.717, 1.165) is 26.0 Å². The van der Waals surface area contributed by atoms with Crippen molar-refractivity contribution in [1.29, 1.82) is 0 Å². The fourth-order valence-electron chi connectivity index (χ4n) is 2.18. The Balaban J connectivity index is 2.36. The first-order valence-corrected chi connectivity index (χ1v) is 7.25. The highest BCUT2D eigenvalue weighted by Gasteiger charge is 2.14. The van der Waals surface area contributed by atoms with Gasteiger partial charge in [-0.2, -0.15) is 0 Å². The van der Waals surface area contributed by atoms with E-state index in [1.165, 1.54) is 0 Å². The number of rotatable bonds is 4. The van der Waals surface area contributed by atoms with Gasteiger partial charge in [-0.25, -0.2) is 0 Å². The summed E-state index contributed by atoms with van der Waals surface area (Å²) in [6.45, 7) is 2.72. The lowest BCUT2D eigenvalue weighted by Crippen LogP contribution is -2.23. The van der Waals surface area contributed by atoms with E-state index in [4.69, 9.17) is 22.5 Å². The average molecular weight is 310 g/mol. The average Bonchev–Trinajstić information content (AvgIpc) is 2.82. The molecule has 0 aliphatic heterocycles. The van der Waals surface area contributed by atoms with Gasteiger partial charge in [-0.05, 0) is 30.7 Å². The molecule has 0 fully saturated rings. The van der Waals surface area contributed by atoms with Gasteiger partial charge in [-0.15, -0.1) is 11.3 Å². The lowest BCUT2D eigenvalue weighted by atomic mass is 10.1. The number of para-hydroxylation sites is 1. The van der Waals surface area contributed by atoms with E-state index in [2.05, 4.69) is 10.1 Å². The molecule has 6 heteroatoms. The number of halogens is 1. The Morgan fingerprint density at radius 3 is 2.75 bits per heavy atom. The molecule has 1 aromatic carbocycles. The Kier molecular flexibility index (Phi) is 4.52. The molecule has 0 atom stereocenters. The number of benzene rings is 1. The van der Waals surface area contributed by atoms with E-state index in [9.17, 15) is 0 Å². The van der Waals surface area contributed by atoms with Crippen molar-refractivity contribution in [2.75, 3.05) is 11.9 Å². The number of thiophene rings is 1. The van der Waals surface area contributed by atoms with Gasteiger partial charge in [0, 0.05) is 17.5 Å². The maximum Gasteiger partial charge on any atom is 0.172 e. The molecule has 0 amide bonds. The van der Waals surface area contributed by atoms with Crippen LogP contribution in [0.3, 0.4) is 0 Å². The van der Waals surface area contributed by atoms with E-state index in [0.29, 0.717) is 6.54 Å². The quantitative estimate of drug-likeness (QED) is 0.393. The number of nitrogens with zero attached hydrogens (tertiary/aromatic N) is 2. The molecule has 0 unspecified atom stereocenters. The van der Waals surface area contributed by atoms with Crippen LogP contribution in [0.2, 0.25) is 4.34 Å². The summed E-state index contributed by atoms with van der Waals surface area (Å²) in [5.74, 6) is 0.111. The standard InChI is InChI=1S/C14H16ClN3OS/c1-9-4-3-5-11(14(16)17-19)13(9)18(2)8-10-6-7-12(15)20-10/h3-7,19H,8H2,1-2H3,(H2,16,17). The Bertz CT molecular complexity index is 639. The molecule has 0 radical (unpaired) electrons. The summed E-state index contributed by atoms with van der Waals surface area (Å²) in [6.07, 6.45) is 0. The Morgan fingerprint density at radius 2 is 2.15 bits per heavy atom. The van der Waals surface area contributed by atoms with Gasteiger partial charge < -0.3 is 15.8 Å². The summed E-state index contributed by atoms with van der Waals surface area (Å²) in [7, 11) is 1.98. The zero-order valence-corrected chi connectivity index (χ0v) is 12.9. The second-order valence-corrected chi connectivity index (χ2v) is 6.32. The number of nitrogens with two attached hydrogens (primary N) is 1. The predicted octanol–water partition coefficient (Wildman–Crippen LogP) is 3.44. The summed E-state index contributed by atoms with van der Waals surface area (Å²) in [6, 6.07) is 9.63. The Hall–Kier alpha value is -1.72. The third kappa shape index (κ3) is 3.05. The molecule has 1 heterocycles. The number of aryl methyl sites for hydroxylation is 1. The normalized spacial score (nSPS) is 11.7. The van der Waals surface area contributed by atoms with Crippen LogP contribution in [0.25, 0.3) is 0 Å². The molecular weight excluding hydrogens is 294 g/mol. The first-order chi connectivity index (χ1) is 9.52. The topological polar surface area (TPSA) is 61.9 Å². The summed E-state index contributed by atoms with van der Waals surface area (Å²) in [5, 5.41) is 12.0. The monoisotopic (exact) mass is 309 g/mol. The van der Waals surface area contributed by atoms with Crippen LogP contribution >= 0.6 is 22.9 Å². The van der Waals surface area contributed by atoms with Crippen molar-refractivity contribution in [3.05, 3.63) is 50.7 Å². The van der Waals surface area contributed by atoms with Crippen molar-refractivity contribution < 1.29 is 5.21 Å². The molecule has 2 rings (SSSR count). The molecule has 3 N–H and O–H groups in total. The molecule has 0 spiro atoms. The first-order valence-electron chi connectivity index (χ1n) is 6.05.